The van der Waals surface area contributed by atoms with Gasteiger partial charge < -0.3 is 15.0 Å². The molecule has 2 saturated heterocycles. The Kier molecular flexibility index (Phi) is 8.65. The lowest BCUT2D eigenvalue weighted by Gasteiger charge is -2.34. The van der Waals surface area contributed by atoms with E-state index in [1.807, 2.05) is 6.07 Å². The van der Waals surface area contributed by atoms with Crippen LogP contribution < -0.4 is 15.0 Å². The van der Waals surface area contributed by atoms with E-state index in [9.17, 15) is 13.2 Å². The standard InChI is InChI=1S/C29H39N5O4S2/c1-20-17-21(2)19-34(18-20)40(36,37)24-8-6-23(7-9-24)28(35)30-11-12-32-13-15-33(16-14-32)29-31-26-25(38-4)10-5-22(3)27(26)39-29/h5-10,20-21H,11-19H2,1-4H3,(H,30,35). The lowest BCUT2D eigenvalue weighted by molar-refractivity contribution is 0.0947. The summed E-state index contributed by atoms with van der Waals surface area (Å²) >= 11 is 1.71. The number of aryl methyl sites for hydroxylation is 1. The number of fused-ring (bicyclic) bond motifs is 1. The number of sulfonamides is 1. The van der Waals surface area contributed by atoms with Crippen molar-refractivity contribution in [2.24, 2.45) is 11.8 Å². The van der Waals surface area contributed by atoms with Gasteiger partial charge >= 0.3 is 0 Å². The zero-order chi connectivity index (χ0) is 28.4. The van der Waals surface area contributed by atoms with Gasteiger partial charge in [-0.15, -0.1) is 0 Å². The van der Waals surface area contributed by atoms with Crippen molar-refractivity contribution in [3.63, 3.8) is 0 Å². The Bertz CT molecular complexity index is 1440. The molecule has 1 N–H and O–H groups in total. The third-order valence-corrected chi connectivity index (χ3v) is 11.0. The first-order valence-electron chi connectivity index (χ1n) is 14.0. The number of piperidine rings is 1. The lowest BCUT2D eigenvalue weighted by atomic mass is 9.94. The van der Waals surface area contributed by atoms with Gasteiger partial charge in [-0.25, -0.2) is 13.4 Å². The molecule has 0 radical (unpaired) electrons. The van der Waals surface area contributed by atoms with Gasteiger partial charge in [-0.2, -0.15) is 4.31 Å². The van der Waals surface area contributed by atoms with Gasteiger partial charge in [0.25, 0.3) is 5.91 Å². The SMILES string of the molecule is COc1ccc(C)c2sc(N3CCN(CCNC(=O)c4ccc(S(=O)(=O)N5CC(C)CC(C)C5)cc4)CC3)nc12. The second-order valence-corrected chi connectivity index (χ2v) is 14.1. The van der Waals surface area contributed by atoms with Crippen molar-refractivity contribution in [1.82, 2.24) is 19.5 Å². The highest BCUT2D eigenvalue weighted by molar-refractivity contribution is 7.89. The van der Waals surface area contributed by atoms with E-state index in [0.29, 0.717) is 37.0 Å². The maximum absolute atomic E-state index is 13.1. The van der Waals surface area contributed by atoms with Gasteiger partial charge in [0.15, 0.2) is 5.13 Å². The van der Waals surface area contributed by atoms with Crippen molar-refractivity contribution in [3.8, 4) is 5.75 Å². The summed E-state index contributed by atoms with van der Waals surface area (Å²) in [5.41, 5.74) is 2.59. The molecule has 9 nitrogen and oxygen atoms in total. The lowest BCUT2D eigenvalue weighted by Crippen LogP contribution is -2.48. The molecule has 3 heterocycles. The van der Waals surface area contributed by atoms with E-state index in [0.717, 1.165) is 55.5 Å². The first-order chi connectivity index (χ1) is 19.2. The van der Waals surface area contributed by atoms with Crippen LogP contribution in [0.25, 0.3) is 10.2 Å². The number of ether oxygens (including phenoxy) is 1. The highest BCUT2D eigenvalue weighted by atomic mass is 32.2. The Hall–Kier alpha value is -2.73. The smallest absolute Gasteiger partial charge is 0.251 e. The summed E-state index contributed by atoms with van der Waals surface area (Å²) < 4.78 is 34.5. The number of amides is 1. The molecule has 40 heavy (non-hydrogen) atoms. The van der Waals surface area contributed by atoms with Crippen molar-refractivity contribution in [2.75, 3.05) is 64.4 Å². The van der Waals surface area contributed by atoms with Crippen molar-refractivity contribution < 1.29 is 17.9 Å². The molecular formula is C29H39N5O4S2. The molecule has 0 bridgehead atoms. The molecule has 2 atom stereocenters. The van der Waals surface area contributed by atoms with Crippen LogP contribution in [-0.4, -0.2) is 88.0 Å². The molecule has 1 amide bonds. The number of thiazole rings is 1. The number of rotatable bonds is 8. The third kappa shape index (κ3) is 6.12. The minimum absolute atomic E-state index is 0.193. The van der Waals surface area contributed by atoms with Gasteiger partial charge in [-0.1, -0.05) is 31.3 Å². The largest absolute Gasteiger partial charge is 0.494 e. The molecule has 1 aromatic heterocycles. The van der Waals surface area contributed by atoms with Crippen molar-refractivity contribution in [1.29, 1.82) is 0 Å². The van der Waals surface area contributed by atoms with Crippen LogP contribution in [0, 0.1) is 18.8 Å². The zero-order valence-electron chi connectivity index (χ0n) is 23.7. The van der Waals surface area contributed by atoms with E-state index in [2.05, 4.69) is 42.0 Å². The van der Waals surface area contributed by atoms with E-state index in [1.54, 1.807) is 47.0 Å². The van der Waals surface area contributed by atoms with E-state index in [-0.39, 0.29) is 10.8 Å². The Balaban J connectivity index is 1.10. The number of methoxy groups -OCH3 is 1. The Labute approximate surface area is 241 Å². The molecule has 0 aliphatic carbocycles. The first-order valence-corrected chi connectivity index (χ1v) is 16.2. The predicted molar refractivity (Wildman–Crippen MR) is 160 cm³/mol. The summed E-state index contributed by atoms with van der Waals surface area (Å²) in [6.45, 7) is 12.2. The number of benzene rings is 2. The maximum atomic E-state index is 13.1. The molecule has 2 aliphatic rings. The fourth-order valence-corrected chi connectivity index (χ4v) is 8.50. The van der Waals surface area contributed by atoms with E-state index < -0.39 is 10.0 Å². The maximum Gasteiger partial charge on any atom is 0.251 e. The molecule has 3 aromatic rings. The van der Waals surface area contributed by atoms with E-state index >= 15 is 0 Å². The van der Waals surface area contributed by atoms with Gasteiger partial charge in [-0.05, 0) is 61.1 Å². The Morgan fingerprint density at radius 3 is 2.38 bits per heavy atom. The molecule has 5 rings (SSSR count). The van der Waals surface area contributed by atoms with Crippen LogP contribution in [0.1, 0.15) is 36.2 Å². The van der Waals surface area contributed by atoms with Gasteiger partial charge in [-0.3, -0.25) is 9.69 Å². The number of carbonyl (C=O) groups is 1. The molecule has 11 heteroatoms. The number of carbonyl (C=O) groups excluding carboxylic acids is 1. The van der Waals surface area contributed by atoms with Crippen LogP contribution in [0.5, 0.6) is 5.75 Å². The van der Waals surface area contributed by atoms with Crippen LogP contribution >= 0.6 is 11.3 Å². The van der Waals surface area contributed by atoms with Gasteiger partial charge in [0.2, 0.25) is 10.0 Å². The molecule has 0 spiro atoms. The highest BCUT2D eigenvalue weighted by Gasteiger charge is 2.31. The summed E-state index contributed by atoms with van der Waals surface area (Å²) in [5, 5.41) is 4.00. The normalized spacial score (nSPS) is 21.1. The van der Waals surface area contributed by atoms with Crippen molar-refractivity contribution in [3.05, 3.63) is 47.5 Å². The fourth-order valence-electron chi connectivity index (χ4n) is 5.72. The fraction of sp³-hybridized carbons (Fsp3) is 0.517. The van der Waals surface area contributed by atoms with Crippen molar-refractivity contribution in [2.45, 2.75) is 32.1 Å². The number of aromatic nitrogens is 1. The predicted octanol–water partition coefficient (Wildman–Crippen LogP) is 3.83. The van der Waals surface area contributed by atoms with E-state index in [1.165, 1.54) is 10.3 Å². The highest BCUT2D eigenvalue weighted by Crippen LogP contribution is 2.36. The van der Waals surface area contributed by atoms with Crippen molar-refractivity contribution >= 4 is 42.6 Å². The number of hydrogen-bond acceptors (Lipinski definition) is 8. The summed E-state index contributed by atoms with van der Waals surface area (Å²) in [5.74, 6) is 1.29. The monoisotopic (exact) mass is 585 g/mol. The van der Waals surface area contributed by atoms with Crippen LogP contribution in [0.15, 0.2) is 41.3 Å². The van der Waals surface area contributed by atoms with E-state index in [4.69, 9.17) is 9.72 Å². The topological polar surface area (TPSA) is 95.1 Å². The second kappa shape index (κ2) is 12.0. The molecule has 2 aliphatic heterocycles. The van der Waals surface area contributed by atoms with Crippen LogP contribution in [0.4, 0.5) is 5.13 Å². The number of nitrogens with zero attached hydrogens (tertiary/aromatic N) is 4. The quantitative estimate of drug-likeness (QED) is 0.429. The molecule has 216 valence electrons. The Morgan fingerprint density at radius 2 is 1.73 bits per heavy atom. The number of piperazine rings is 1. The number of hydrogen-bond donors (Lipinski definition) is 1. The van der Waals surface area contributed by atoms with Gasteiger partial charge in [0.1, 0.15) is 11.3 Å². The molecular weight excluding hydrogens is 546 g/mol. The number of nitrogens with one attached hydrogen (secondary N) is 1. The molecule has 2 unspecified atom stereocenters. The average Bonchev–Trinajstić information content (AvgIpc) is 3.40. The van der Waals surface area contributed by atoms with Crippen LogP contribution in [0.2, 0.25) is 0 Å². The summed E-state index contributed by atoms with van der Waals surface area (Å²) in [6.07, 6.45) is 1.04. The molecule has 2 fully saturated rings. The first kappa shape index (κ1) is 28.8. The van der Waals surface area contributed by atoms with Crippen LogP contribution in [-0.2, 0) is 10.0 Å². The van der Waals surface area contributed by atoms with Gasteiger partial charge in [0, 0.05) is 57.9 Å². The zero-order valence-corrected chi connectivity index (χ0v) is 25.4. The minimum Gasteiger partial charge on any atom is -0.494 e. The number of anilines is 1. The van der Waals surface area contributed by atoms with Crippen LogP contribution in [0.3, 0.4) is 0 Å². The minimum atomic E-state index is -3.56. The molecule has 2 aromatic carbocycles. The summed E-state index contributed by atoms with van der Waals surface area (Å²) in [4.78, 5) is 22.5. The second-order valence-electron chi connectivity index (χ2n) is 11.1. The summed E-state index contributed by atoms with van der Waals surface area (Å²) in [7, 11) is -1.88. The summed E-state index contributed by atoms with van der Waals surface area (Å²) in [6, 6.07) is 10.3. The third-order valence-electron chi connectivity index (χ3n) is 7.86. The average molecular weight is 586 g/mol. The van der Waals surface area contributed by atoms with Gasteiger partial charge in [0.05, 0.1) is 16.7 Å². The Morgan fingerprint density at radius 1 is 1.05 bits per heavy atom. The molecule has 0 saturated carbocycles.